The lowest BCUT2D eigenvalue weighted by Gasteiger charge is -2.13. The van der Waals surface area contributed by atoms with E-state index in [9.17, 15) is 13.2 Å². The summed E-state index contributed by atoms with van der Waals surface area (Å²) in [5.41, 5.74) is 3.13. The maximum Gasteiger partial charge on any atom is 0.255 e. The van der Waals surface area contributed by atoms with E-state index >= 15 is 0 Å². The van der Waals surface area contributed by atoms with Crippen molar-refractivity contribution in [2.75, 3.05) is 12.4 Å². The number of methoxy groups -OCH3 is 1. The molecule has 3 rings (SSSR count). The molecule has 7 heteroatoms. The van der Waals surface area contributed by atoms with Gasteiger partial charge in [0.1, 0.15) is 5.75 Å². The molecule has 0 aliphatic carbocycles. The molecule has 2 N–H and O–H groups in total. The van der Waals surface area contributed by atoms with Crippen molar-refractivity contribution < 1.29 is 17.9 Å². The second kappa shape index (κ2) is 9.11. The molecule has 0 spiro atoms. The predicted molar refractivity (Wildman–Crippen MR) is 117 cm³/mol. The van der Waals surface area contributed by atoms with Crippen LogP contribution in [0.5, 0.6) is 5.75 Å². The summed E-state index contributed by atoms with van der Waals surface area (Å²) in [7, 11) is -2.27. The van der Waals surface area contributed by atoms with Crippen LogP contribution in [-0.2, 0) is 16.6 Å². The third-order valence-corrected chi connectivity index (χ3v) is 6.20. The van der Waals surface area contributed by atoms with Crippen LogP contribution >= 0.6 is 0 Å². The molecule has 0 saturated carbocycles. The molecule has 6 nitrogen and oxygen atoms in total. The fraction of sp³-hybridized carbons (Fsp3) is 0.174. The Hall–Kier alpha value is -3.16. The minimum atomic E-state index is -3.79. The minimum absolute atomic E-state index is 0.0716. The number of carbonyl (C=O) groups is 1. The van der Waals surface area contributed by atoms with E-state index in [1.807, 2.05) is 43.3 Å². The zero-order valence-electron chi connectivity index (χ0n) is 17.1. The number of ether oxygens (including phenoxy) is 1. The smallest absolute Gasteiger partial charge is 0.255 e. The van der Waals surface area contributed by atoms with Gasteiger partial charge in [-0.1, -0.05) is 42.5 Å². The van der Waals surface area contributed by atoms with Gasteiger partial charge in [-0.15, -0.1) is 0 Å². The average Bonchev–Trinajstić information content (AvgIpc) is 2.73. The van der Waals surface area contributed by atoms with E-state index < -0.39 is 15.9 Å². The first-order chi connectivity index (χ1) is 14.3. The maximum absolute atomic E-state index is 12.8. The molecule has 3 aromatic carbocycles. The number of benzene rings is 3. The van der Waals surface area contributed by atoms with Crippen molar-refractivity contribution in [1.82, 2.24) is 4.72 Å². The van der Waals surface area contributed by atoms with Gasteiger partial charge >= 0.3 is 0 Å². The third kappa shape index (κ3) is 5.06. The molecule has 0 aliphatic heterocycles. The quantitative estimate of drug-likeness (QED) is 0.599. The molecule has 0 radical (unpaired) electrons. The van der Waals surface area contributed by atoms with Crippen LogP contribution in [0.25, 0.3) is 0 Å². The largest absolute Gasteiger partial charge is 0.495 e. The Morgan fingerprint density at radius 2 is 1.70 bits per heavy atom. The monoisotopic (exact) mass is 424 g/mol. The highest BCUT2D eigenvalue weighted by molar-refractivity contribution is 7.89. The number of anilines is 1. The highest BCUT2D eigenvalue weighted by Crippen LogP contribution is 2.26. The number of carbonyl (C=O) groups excluding carboxylic acids is 1. The topological polar surface area (TPSA) is 84.5 Å². The standard InChI is InChI=1S/C23H24N2O4S/c1-16-9-12-21(29-3)20(13-16)25-23(26)19-11-10-17(2)22(14-19)30(27,28)24-15-18-7-5-4-6-8-18/h4-14,24H,15H2,1-3H3,(H,25,26). The zero-order chi connectivity index (χ0) is 21.7. The van der Waals surface area contributed by atoms with Gasteiger partial charge in [0.25, 0.3) is 5.91 Å². The lowest BCUT2D eigenvalue weighted by Crippen LogP contribution is -2.24. The molecule has 0 aliphatic rings. The first-order valence-corrected chi connectivity index (χ1v) is 10.9. The van der Waals surface area contributed by atoms with E-state index in [1.54, 1.807) is 31.2 Å². The summed E-state index contributed by atoms with van der Waals surface area (Å²) < 4.78 is 33.6. The fourth-order valence-electron chi connectivity index (χ4n) is 3.00. The van der Waals surface area contributed by atoms with Crippen molar-refractivity contribution in [3.05, 3.63) is 89.0 Å². The van der Waals surface area contributed by atoms with Crippen LogP contribution in [0.4, 0.5) is 5.69 Å². The Labute approximate surface area is 177 Å². The molecule has 156 valence electrons. The van der Waals surface area contributed by atoms with Crippen molar-refractivity contribution in [2.45, 2.75) is 25.3 Å². The molecule has 30 heavy (non-hydrogen) atoms. The number of aryl methyl sites for hydroxylation is 2. The molecule has 0 aromatic heterocycles. The Bertz CT molecular complexity index is 1160. The molecule has 0 heterocycles. The zero-order valence-corrected chi connectivity index (χ0v) is 17.9. The first-order valence-electron chi connectivity index (χ1n) is 9.40. The maximum atomic E-state index is 12.8. The summed E-state index contributed by atoms with van der Waals surface area (Å²) in [6.07, 6.45) is 0. The van der Waals surface area contributed by atoms with Gasteiger partial charge in [-0.25, -0.2) is 13.1 Å². The van der Waals surface area contributed by atoms with Gasteiger partial charge in [0.05, 0.1) is 17.7 Å². The number of sulfonamides is 1. The predicted octanol–water partition coefficient (Wildman–Crippen LogP) is 4.04. The van der Waals surface area contributed by atoms with E-state index in [4.69, 9.17) is 4.74 Å². The van der Waals surface area contributed by atoms with Crippen molar-refractivity contribution in [3.8, 4) is 5.75 Å². The Kier molecular flexibility index (Phi) is 6.54. The number of hydrogen-bond acceptors (Lipinski definition) is 4. The first kappa shape index (κ1) is 21.5. The van der Waals surface area contributed by atoms with Crippen LogP contribution in [0.2, 0.25) is 0 Å². The lowest BCUT2D eigenvalue weighted by molar-refractivity contribution is 0.102. The molecular weight excluding hydrogens is 400 g/mol. The number of amides is 1. The second-order valence-corrected chi connectivity index (χ2v) is 8.68. The van der Waals surface area contributed by atoms with Gasteiger partial charge in [0.2, 0.25) is 10.0 Å². The van der Waals surface area contributed by atoms with E-state index in [2.05, 4.69) is 10.0 Å². The van der Waals surface area contributed by atoms with Crippen LogP contribution < -0.4 is 14.8 Å². The van der Waals surface area contributed by atoms with Gasteiger partial charge in [-0.3, -0.25) is 4.79 Å². The van der Waals surface area contributed by atoms with Gasteiger partial charge in [-0.05, 0) is 54.8 Å². The van der Waals surface area contributed by atoms with Crippen molar-refractivity contribution in [1.29, 1.82) is 0 Å². The van der Waals surface area contributed by atoms with Gasteiger partial charge in [0.15, 0.2) is 0 Å². The number of nitrogens with one attached hydrogen (secondary N) is 2. The third-order valence-electron chi connectivity index (χ3n) is 4.65. The number of rotatable bonds is 7. The summed E-state index contributed by atoms with van der Waals surface area (Å²) in [6.45, 7) is 3.77. The molecule has 0 fully saturated rings. The van der Waals surface area contributed by atoms with Crippen molar-refractivity contribution in [2.24, 2.45) is 0 Å². The van der Waals surface area contributed by atoms with Crippen LogP contribution in [-0.4, -0.2) is 21.4 Å². The average molecular weight is 425 g/mol. The van der Waals surface area contributed by atoms with E-state index in [1.165, 1.54) is 13.2 Å². The molecule has 3 aromatic rings. The molecule has 0 saturated heterocycles. The van der Waals surface area contributed by atoms with Gasteiger partial charge < -0.3 is 10.1 Å². The van der Waals surface area contributed by atoms with Gasteiger partial charge in [0, 0.05) is 12.1 Å². The highest BCUT2D eigenvalue weighted by atomic mass is 32.2. The normalized spacial score (nSPS) is 11.2. The van der Waals surface area contributed by atoms with E-state index in [-0.39, 0.29) is 17.0 Å². The van der Waals surface area contributed by atoms with Crippen LogP contribution in [0.1, 0.15) is 27.0 Å². The Balaban J connectivity index is 1.84. The lowest BCUT2D eigenvalue weighted by atomic mass is 10.1. The fourth-order valence-corrected chi connectivity index (χ4v) is 4.28. The molecule has 1 amide bonds. The molecule has 0 atom stereocenters. The van der Waals surface area contributed by atoms with E-state index in [0.29, 0.717) is 17.0 Å². The van der Waals surface area contributed by atoms with E-state index in [0.717, 1.165) is 11.1 Å². The van der Waals surface area contributed by atoms with Crippen LogP contribution in [0.15, 0.2) is 71.6 Å². The SMILES string of the molecule is COc1ccc(C)cc1NC(=O)c1ccc(C)c(S(=O)(=O)NCc2ccccc2)c1. The van der Waals surface area contributed by atoms with Crippen molar-refractivity contribution in [3.63, 3.8) is 0 Å². The second-order valence-electron chi connectivity index (χ2n) is 6.95. The minimum Gasteiger partial charge on any atom is -0.495 e. The van der Waals surface area contributed by atoms with Gasteiger partial charge in [-0.2, -0.15) is 0 Å². The summed E-state index contributed by atoms with van der Waals surface area (Å²) in [5.74, 6) is 0.108. The highest BCUT2D eigenvalue weighted by Gasteiger charge is 2.19. The van der Waals surface area contributed by atoms with Crippen LogP contribution in [0.3, 0.4) is 0 Å². The summed E-state index contributed by atoms with van der Waals surface area (Å²) in [5, 5.41) is 2.80. The summed E-state index contributed by atoms with van der Waals surface area (Å²) in [4.78, 5) is 12.9. The molecular formula is C23H24N2O4S. The molecule has 0 unspecified atom stereocenters. The van der Waals surface area contributed by atoms with Crippen molar-refractivity contribution >= 4 is 21.6 Å². The summed E-state index contributed by atoms with van der Waals surface area (Å²) in [6, 6.07) is 19.3. The Morgan fingerprint density at radius 3 is 2.40 bits per heavy atom. The van der Waals surface area contributed by atoms with Crippen LogP contribution in [0, 0.1) is 13.8 Å². The Morgan fingerprint density at radius 1 is 0.967 bits per heavy atom. The molecule has 0 bridgehead atoms. The summed E-state index contributed by atoms with van der Waals surface area (Å²) >= 11 is 0. The number of hydrogen-bond donors (Lipinski definition) is 2.